The lowest BCUT2D eigenvalue weighted by Gasteiger charge is -2.32. The molecule has 0 aliphatic carbocycles. The number of hydrogen-bond donors (Lipinski definition) is 1. The predicted octanol–water partition coefficient (Wildman–Crippen LogP) is 4.11. The molecule has 0 unspecified atom stereocenters. The first-order valence-corrected chi connectivity index (χ1v) is 14.2. The van der Waals surface area contributed by atoms with Gasteiger partial charge in [0.25, 0.3) is 0 Å². The molecule has 0 saturated heterocycles. The number of methoxy groups -OCH3 is 2. The van der Waals surface area contributed by atoms with Gasteiger partial charge in [-0.25, -0.2) is 8.42 Å². The fraction of sp³-hybridized carbons (Fsp3) is 0.440. The summed E-state index contributed by atoms with van der Waals surface area (Å²) in [6.45, 7) is 4.85. The van der Waals surface area contributed by atoms with Crippen LogP contribution in [0.5, 0.6) is 11.5 Å². The highest BCUT2D eigenvalue weighted by atomic mass is 35.5. The van der Waals surface area contributed by atoms with Crippen LogP contribution in [0.25, 0.3) is 0 Å². The van der Waals surface area contributed by atoms with Crippen LogP contribution in [0, 0.1) is 0 Å². The van der Waals surface area contributed by atoms with Gasteiger partial charge in [0, 0.05) is 18.7 Å². The number of halogens is 2. The Bertz CT molecular complexity index is 1220. The van der Waals surface area contributed by atoms with Gasteiger partial charge in [-0.2, -0.15) is 0 Å². The van der Waals surface area contributed by atoms with Crippen molar-refractivity contribution >= 4 is 50.7 Å². The van der Waals surface area contributed by atoms with Gasteiger partial charge in [0.1, 0.15) is 12.6 Å². The molecule has 0 fully saturated rings. The molecule has 0 aliphatic heterocycles. The Morgan fingerprint density at radius 3 is 2.19 bits per heavy atom. The van der Waals surface area contributed by atoms with Crippen molar-refractivity contribution in [3.05, 3.63) is 52.0 Å². The lowest BCUT2D eigenvalue weighted by Crippen LogP contribution is -2.52. The summed E-state index contributed by atoms with van der Waals surface area (Å²) in [5, 5.41) is 3.52. The Morgan fingerprint density at radius 2 is 1.65 bits per heavy atom. The van der Waals surface area contributed by atoms with Crippen LogP contribution in [0.3, 0.4) is 0 Å². The van der Waals surface area contributed by atoms with Crippen LogP contribution in [0.4, 0.5) is 5.69 Å². The molecular weight excluding hydrogens is 541 g/mol. The van der Waals surface area contributed by atoms with Gasteiger partial charge in [0.05, 0.1) is 36.2 Å². The first-order valence-electron chi connectivity index (χ1n) is 11.6. The van der Waals surface area contributed by atoms with E-state index in [0.29, 0.717) is 33.5 Å². The summed E-state index contributed by atoms with van der Waals surface area (Å²) in [7, 11) is -1.01. The van der Waals surface area contributed by atoms with E-state index in [0.717, 1.165) is 10.6 Å². The van der Waals surface area contributed by atoms with E-state index in [1.54, 1.807) is 31.2 Å². The molecular formula is C25H33Cl2N3O6S. The van der Waals surface area contributed by atoms with Gasteiger partial charge in [-0.05, 0) is 50.1 Å². The SMILES string of the molecule is CC[C@@H](C)NC(=O)[C@@H](C)N(Cc1ccc(Cl)c(Cl)c1)C(=O)CN(c1ccc(OC)c(OC)c1)S(C)(=O)=O. The number of rotatable bonds is 12. The van der Waals surface area contributed by atoms with Crippen LogP contribution in [-0.4, -0.2) is 64.2 Å². The second-order valence-corrected chi connectivity index (χ2v) is 11.3. The molecule has 2 rings (SSSR count). The Labute approximate surface area is 228 Å². The molecule has 1 N–H and O–H groups in total. The van der Waals surface area contributed by atoms with Gasteiger partial charge in [0.15, 0.2) is 11.5 Å². The molecule has 37 heavy (non-hydrogen) atoms. The molecule has 2 aromatic carbocycles. The molecule has 2 aromatic rings. The zero-order valence-corrected chi connectivity index (χ0v) is 24.1. The number of benzene rings is 2. The minimum Gasteiger partial charge on any atom is -0.493 e. The van der Waals surface area contributed by atoms with E-state index in [4.69, 9.17) is 32.7 Å². The van der Waals surface area contributed by atoms with Crippen molar-refractivity contribution in [2.75, 3.05) is 31.3 Å². The van der Waals surface area contributed by atoms with Crippen LogP contribution >= 0.6 is 23.2 Å². The molecule has 2 atom stereocenters. The molecule has 0 aromatic heterocycles. The van der Waals surface area contributed by atoms with Gasteiger partial charge in [0.2, 0.25) is 21.8 Å². The van der Waals surface area contributed by atoms with E-state index in [9.17, 15) is 18.0 Å². The summed E-state index contributed by atoms with van der Waals surface area (Å²) >= 11 is 12.2. The molecule has 204 valence electrons. The van der Waals surface area contributed by atoms with Crippen molar-refractivity contribution in [3.63, 3.8) is 0 Å². The third-order valence-corrected chi connectivity index (χ3v) is 7.72. The van der Waals surface area contributed by atoms with E-state index in [2.05, 4.69) is 5.32 Å². The Morgan fingerprint density at radius 1 is 1.00 bits per heavy atom. The number of anilines is 1. The average Bonchev–Trinajstić information content (AvgIpc) is 2.85. The van der Waals surface area contributed by atoms with Gasteiger partial charge in [-0.1, -0.05) is 36.2 Å². The highest BCUT2D eigenvalue weighted by Gasteiger charge is 2.31. The summed E-state index contributed by atoms with van der Waals surface area (Å²) in [6.07, 6.45) is 1.71. The number of amides is 2. The number of nitrogens with zero attached hydrogens (tertiary/aromatic N) is 2. The Balaban J connectivity index is 2.46. The zero-order chi connectivity index (χ0) is 27.9. The van der Waals surface area contributed by atoms with Gasteiger partial charge >= 0.3 is 0 Å². The van der Waals surface area contributed by atoms with Crippen molar-refractivity contribution in [1.29, 1.82) is 0 Å². The molecule has 0 heterocycles. The second kappa shape index (κ2) is 13.2. The van der Waals surface area contributed by atoms with Crippen LogP contribution in [-0.2, 0) is 26.2 Å². The van der Waals surface area contributed by atoms with Crippen molar-refractivity contribution in [2.24, 2.45) is 0 Å². The van der Waals surface area contributed by atoms with Crippen LogP contribution < -0.4 is 19.1 Å². The highest BCUT2D eigenvalue weighted by molar-refractivity contribution is 7.92. The topological polar surface area (TPSA) is 105 Å². The maximum Gasteiger partial charge on any atom is 0.244 e. The van der Waals surface area contributed by atoms with Crippen molar-refractivity contribution in [1.82, 2.24) is 10.2 Å². The minimum absolute atomic E-state index is 0.00828. The molecule has 12 heteroatoms. The van der Waals surface area contributed by atoms with Gasteiger partial charge in [-0.15, -0.1) is 0 Å². The lowest BCUT2D eigenvalue weighted by molar-refractivity contribution is -0.139. The van der Waals surface area contributed by atoms with E-state index in [1.807, 2.05) is 13.8 Å². The van der Waals surface area contributed by atoms with Crippen molar-refractivity contribution in [2.45, 2.75) is 45.8 Å². The molecule has 0 aliphatic rings. The first-order chi connectivity index (χ1) is 17.3. The number of ether oxygens (including phenoxy) is 2. The molecule has 0 bridgehead atoms. The van der Waals surface area contributed by atoms with Crippen LogP contribution in [0.2, 0.25) is 10.0 Å². The first kappa shape index (κ1) is 30.5. The molecule has 2 amide bonds. The van der Waals surface area contributed by atoms with Crippen LogP contribution in [0.15, 0.2) is 36.4 Å². The number of sulfonamides is 1. The minimum atomic E-state index is -3.89. The van der Waals surface area contributed by atoms with Crippen molar-refractivity contribution < 1.29 is 27.5 Å². The summed E-state index contributed by atoms with van der Waals surface area (Å²) in [5.74, 6) is -0.240. The summed E-state index contributed by atoms with van der Waals surface area (Å²) in [5.41, 5.74) is 0.836. The number of carbonyl (C=O) groups excluding carboxylic acids is 2. The lowest BCUT2D eigenvalue weighted by atomic mass is 10.1. The molecule has 0 radical (unpaired) electrons. The molecule has 0 saturated carbocycles. The smallest absolute Gasteiger partial charge is 0.244 e. The monoisotopic (exact) mass is 573 g/mol. The molecule has 0 spiro atoms. The predicted molar refractivity (Wildman–Crippen MR) is 146 cm³/mol. The standard InChI is InChI=1S/C25H33Cl2N3O6S/c1-7-16(2)28-25(32)17(3)29(14-18-8-10-20(26)21(27)12-18)24(31)15-30(37(6,33)34)19-9-11-22(35-4)23(13-19)36-5/h8-13,16-17H,7,14-15H2,1-6H3,(H,28,32)/t16-,17-/m1/s1. The number of carbonyl (C=O) groups is 2. The Kier molecular flexibility index (Phi) is 10.9. The normalized spacial score (nSPS) is 12.9. The Hall–Kier alpha value is -2.69. The zero-order valence-electron chi connectivity index (χ0n) is 21.7. The number of nitrogens with one attached hydrogen (secondary N) is 1. The summed E-state index contributed by atoms with van der Waals surface area (Å²) < 4.78 is 37.0. The maximum atomic E-state index is 13.6. The van der Waals surface area contributed by atoms with Gasteiger partial charge in [-0.3, -0.25) is 13.9 Å². The highest BCUT2D eigenvalue weighted by Crippen LogP contribution is 2.32. The second-order valence-electron chi connectivity index (χ2n) is 8.57. The fourth-order valence-corrected chi connectivity index (χ4v) is 4.64. The van der Waals surface area contributed by atoms with E-state index < -0.39 is 28.5 Å². The van der Waals surface area contributed by atoms with E-state index >= 15 is 0 Å². The average molecular weight is 575 g/mol. The maximum absolute atomic E-state index is 13.6. The molecule has 9 nitrogen and oxygen atoms in total. The third kappa shape index (κ3) is 8.15. The third-order valence-electron chi connectivity index (χ3n) is 5.84. The van der Waals surface area contributed by atoms with Crippen molar-refractivity contribution in [3.8, 4) is 11.5 Å². The quantitative estimate of drug-likeness (QED) is 0.409. The number of hydrogen-bond acceptors (Lipinski definition) is 6. The fourth-order valence-electron chi connectivity index (χ4n) is 3.48. The largest absolute Gasteiger partial charge is 0.493 e. The van der Waals surface area contributed by atoms with E-state index in [1.165, 1.54) is 31.3 Å². The summed E-state index contributed by atoms with van der Waals surface area (Å²) in [4.78, 5) is 27.9. The summed E-state index contributed by atoms with van der Waals surface area (Å²) in [6, 6.07) is 8.42. The van der Waals surface area contributed by atoms with Gasteiger partial charge < -0.3 is 19.7 Å². The van der Waals surface area contributed by atoms with Crippen LogP contribution in [0.1, 0.15) is 32.8 Å². The van der Waals surface area contributed by atoms with E-state index in [-0.39, 0.29) is 24.2 Å².